The van der Waals surface area contributed by atoms with E-state index >= 15 is 0 Å². The third-order valence-corrected chi connectivity index (χ3v) is 3.61. The monoisotopic (exact) mass is 292 g/mol. The number of hydrogen-bond donors (Lipinski definition) is 1. The molecule has 3 rings (SSSR count). The number of para-hydroxylation sites is 2. The summed E-state index contributed by atoms with van der Waals surface area (Å²) in [6, 6.07) is 13.3. The molecule has 1 aliphatic heterocycles. The maximum absolute atomic E-state index is 13.2. The van der Waals surface area contributed by atoms with Gasteiger partial charge in [0.1, 0.15) is 0 Å². The molecule has 0 aromatic heterocycles. The average Bonchev–Trinajstić information content (AvgIpc) is 2.68. The molecule has 0 radical (unpaired) electrons. The molecule has 2 nitrogen and oxygen atoms in total. The van der Waals surface area contributed by atoms with E-state index in [-0.39, 0.29) is 5.69 Å². The quantitative estimate of drug-likeness (QED) is 0.856. The van der Waals surface area contributed by atoms with Crippen LogP contribution in [-0.2, 0) is 12.7 Å². The second kappa shape index (κ2) is 5.41. The predicted octanol–water partition coefficient (Wildman–Crippen LogP) is 3.95. The SMILES string of the molecule is FC(F)(F)c1ccccc1N1CCNCc2ccccc21. The van der Waals surface area contributed by atoms with Crippen LogP contribution >= 0.6 is 0 Å². The summed E-state index contributed by atoms with van der Waals surface area (Å²) >= 11 is 0. The zero-order chi connectivity index (χ0) is 14.9. The number of hydrogen-bond acceptors (Lipinski definition) is 2. The van der Waals surface area contributed by atoms with Gasteiger partial charge in [-0.05, 0) is 23.8 Å². The van der Waals surface area contributed by atoms with Gasteiger partial charge in [0, 0.05) is 25.3 Å². The van der Waals surface area contributed by atoms with Crippen molar-refractivity contribution in [3.8, 4) is 0 Å². The van der Waals surface area contributed by atoms with Crippen molar-refractivity contribution in [1.82, 2.24) is 5.32 Å². The molecule has 1 N–H and O–H groups in total. The van der Waals surface area contributed by atoms with Crippen molar-refractivity contribution >= 4 is 11.4 Å². The summed E-state index contributed by atoms with van der Waals surface area (Å²) in [6.07, 6.45) is -4.36. The molecule has 0 saturated heterocycles. The molecular formula is C16H15F3N2. The van der Waals surface area contributed by atoms with E-state index in [2.05, 4.69) is 5.32 Å². The van der Waals surface area contributed by atoms with Crippen molar-refractivity contribution < 1.29 is 13.2 Å². The minimum absolute atomic E-state index is 0.209. The molecular weight excluding hydrogens is 277 g/mol. The molecule has 2 aromatic rings. The molecule has 0 unspecified atom stereocenters. The lowest BCUT2D eigenvalue weighted by molar-refractivity contribution is -0.137. The summed E-state index contributed by atoms with van der Waals surface area (Å²) in [5.74, 6) is 0. The molecule has 0 fully saturated rings. The molecule has 2 aromatic carbocycles. The van der Waals surface area contributed by atoms with E-state index in [0.29, 0.717) is 19.6 Å². The highest BCUT2D eigenvalue weighted by Gasteiger charge is 2.35. The van der Waals surface area contributed by atoms with Crippen LogP contribution in [0, 0.1) is 0 Å². The fourth-order valence-corrected chi connectivity index (χ4v) is 2.66. The number of benzene rings is 2. The van der Waals surface area contributed by atoms with E-state index in [1.165, 1.54) is 12.1 Å². The lowest BCUT2D eigenvalue weighted by atomic mass is 10.1. The largest absolute Gasteiger partial charge is 0.418 e. The highest BCUT2D eigenvalue weighted by molar-refractivity contribution is 5.70. The fraction of sp³-hybridized carbons (Fsp3) is 0.250. The molecule has 110 valence electrons. The van der Waals surface area contributed by atoms with Gasteiger partial charge in [-0.3, -0.25) is 0 Å². The number of anilines is 2. The van der Waals surface area contributed by atoms with E-state index in [9.17, 15) is 13.2 Å². The Morgan fingerprint density at radius 1 is 0.905 bits per heavy atom. The van der Waals surface area contributed by atoms with Gasteiger partial charge >= 0.3 is 6.18 Å². The van der Waals surface area contributed by atoms with Crippen molar-refractivity contribution in [2.75, 3.05) is 18.0 Å². The van der Waals surface area contributed by atoms with Crippen molar-refractivity contribution in [2.24, 2.45) is 0 Å². The van der Waals surface area contributed by atoms with Gasteiger partial charge in [0.2, 0.25) is 0 Å². The number of alkyl halides is 3. The Morgan fingerprint density at radius 3 is 2.33 bits per heavy atom. The van der Waals surface area contributed by atoms with E-state index < -0.39 is 11.7 Å². The summed E-state index contributed by atoms with van der Waals surface area (Å²) < 4.78 is 39.7. The number of halogens is 3. The molecule has 21 heavy (non-hydrogen) atoms. The molecule has 1 heterocycles. The molecule has 5 heteroatoms. The number of nitrogens with one attached hydrogen (secondary N) is 1. The zero-order valence-electron chi connectivity index (χ0n) is 11.3. The fourth-order valence-electron chi connectivity index (χ4n) is 2.66. The summed E-state index contributed by atoms with van der Waals surface area (Å²) in [5.41, 5.74) is 1.45. The van der Waals surface area contributed by atoms with Gasteiger partial charge in [-0.2, -0.15) is 13.2 Å². The van der Waals surface area contributed by atoms with E-state index in [1.54, 1.807) is 11.0 Å². The molecule has 0 atom stereocenters. The molecule has 1 aliphatic rings. The average molecular weight is 292 g/mol. The lowest BCUT2D eigenvalue weighted by Gasteiger charge is -2.27. The maximum atomic E-state index is 13.2. The van der Waals surface area contributed by atoms with Crippen molar-refractivity contribution in [3.05, 3.63) is 59.7 Å². The maximum Gasteiger partial charge on any atom is 0.418 e. The van der Waals surface area contributed by atoms with E-state index in [4.69, 9.17) is 0 Å². The lowest BCUT2D eigenvalue weighted by Crippen LogP contribution is -2.26. The van der Waals surface area contributed by atoms with Gasteiger partial charge in [-0.25, -0.2) is 0 Å². The second-order valence-corrected chi connectivity index (χ2v) is 4.97. The van der Waals surface area contributed by atoms with E-state index in [1.807, 2.05) is 24.3 Å². The van der Waals surface area contributed by atoms with Crippen LogP contribution in [0.2, 0.25) is 0 Å². The molecule has 0 saturated carbocycles. The first-order chi connectivity index (χ1) is 10.1. The van der Waals surface area contributed by atoms with Gasteiger partial charge < -0.3 is 10.2 Å². The van der Waals surface area contributed by atoms with Gasteiger partial charge in [0.05, 0.1) is 11.3 Å². The minimum atomic E-state index is -4.36. The zero-order valence-corrected chi connectivity index (χ0v) is 11.3. The summed E-state index contributed by atoms with van der Waals surface area (Å²) in [5, 5.41) is 3.24. The topological polar surface area (TPSA) is 15.3 Å². The third kappa shape index (κ3) is 2.74. The van der Waals surface area contributed by atoms with E-state index in [0.717, 1.165) is 17.3 Å². The number of fused-ring (bicyclic) bond motifs is 1. The van der Waals surface area contributed by atoms with Crippen LogP contribution in [0.4, 0.5) is 24.5 Å². The Hall–Kier alpha value is -2.01. The predicted molar refractivity (Wildman–Crippen MR) is 76.6 cm³/mol. The third-order valence-electron chi connectivity index (χ3n) is 3.61. The van der Waals surface area contributed by atoms with Crippen LogP contribution in [0.3, 0.4) is 0 Å². The second-order valence-electron chi connectivity index (χ2n) is 4.97. The first-order valence-electron chi connectivity index (χ1n) is 6.80. The van der Waals surface area contributed by atoms with Crippen molar-refractivity contribution in [2.45, 2.75) is 12.7 Å². The van der Waals surface area contributed by atoms with Gasteiger partial charge in [-0.1, -0.05) is 30.3 Å². The molecule has 0 bridgehead atoms. The Balaban J connectivity index is 2.13. The number of nitrogens with zero attached hydrogens (tertiary/aromatic N) is 1. The molecule has 0 spiro atoms. The van der Waals surface area contributed by atoms with Crippen LogP contribution in [-0.4, -0.2) is 13.1 Å². The van der Waals surface area contributed by atoms with Crippen LogP contribution < -0.4 is 10.2 Å². The number of rotatable bonds is 1. The normalized spacial score (nSPS) is 15.5. The standard InChI is InChI=1S/C16H15F3N2/c17-16(18,19)13-6-2-4-8-15(13)21-10-9-20-11-12-5-1-3-7-14(12)21/h1-8,20H,9-11H2. The first-order valence-corrected chi connectivity index (χ1v) is 6.80. The Bertz CT molecular complexity index is 637. The van der Waals surface area contributed by atoms with Crippen LogP contribution in [0.25, 0.3) is 0 Å². The van der Waals surface area contributed by atoms with Crippen LogP contribution in [0.1, 0.15) is 11.1 Å². The Labute approximate surface area is 121 Å². The first kappa shape index (κ1) is 13.9. The van der Waals surface area contributed by atoms with Gasteiger partial charge in [0.15, 0.2) is 0 Å². The van der Waals surface area contributed by atoms with Crippen molar-refractivity contribution in [1.29, 1.82) is 0 Å². The Morgan fingerprint density at radius 2 is 1.57 bits per heavy atom. The van der Waals surface area contributed by atoms with Gasteiger partial charge in [0.25, 0.3) is 0 Å². The van der Waals surface area contributed by atoms with Gasteiger partial charge in [-0.15, -0.1) is 0 Å². The molecule has 0 amide bonds. The summed E-state index contributed by atoms with van der Waals surface area (Å²) in [4.78, 5) is 1.75. The summed E-state index contributed by atoms with van der Waals surface area (Å²) in [6.45, 7) is 1.81. The van der Waals surface area contributed by atoms with Crippen molar-refractivity contribution in [3.63, 3.8) is 0 Å². The highest BCUT2D eigenvalue weighted by Crippen LogP contribution is 2.40. The van der Waals surface area contributed by atoms with Crippen LogP contribution in [0.5, 0.6) is 0 Å². The smallest absolute Gasteiger partial charge is 0.339 e. The minimum Gasteiger partial charge on any atom is -0.339 e. The molecule has 0 aliphatic carbocycles. The summed E-state index contributed by atoms with van der Waals surface area (Å²) in [7, 11) is 0. The highest BCUT2D eigenvalue weighted by atomic mass is 19.4. The Kier molecular flexibility index (Phi) is 3.59. The van der Waals surface area contributed by atoms with Crippen LogP contribution in [0.15, 0.2) is 48.5 Å².